The van der Waals surface area contributed by atoms with Crippen molar-refractivity contribution < 1.29 is 9.21 Å². The Morgan fingerprint density at radius 1 is 1.04 bits per heavy atom. The van der Waals surface area contributed by atoms with E-state index in [0.29, 0.717) is 30.0 Å². The summed E-state index contributed by atoms with van der Waals surface area (Å²) in [5.41, 5.74) is 3.75. The summed E-state index contributed by atoms with van der Waals surface area (Å²) in [5, 5.41) is 0.529. The third kappa shape index (κ3) is 3.72. The number of piperidine rings is 1. The van der Waals surface area contributed by atoms with Crippen molar-refractivity contribution in [3.05, 3.63) is 81.2 Å². The minimum Gasteiger partial charge on any atom is -0.451 e. The number of aryl methyl sites for hydroxylation is 2. The molecule has 4 rings (SSSR count). The van der Waals surface area contributed by atoms with Gasteiger partial charge in [-0.1, -0.05) is 30.3 Å². The van der Waals surface area contributed by atoms with Crippen molar-refractivity contribution >= 4 is 16.9 Å². The van der Waals surface area contributed by atoms with Gasteiger partial charge in [0.15, 0.2) is 11.2 Å². The number of rotatable bonds is 3. The van der Waals surface area contributed by atoms with Crippen LogP contribution in [0.1, 0.15) is 40.1 Å². The highest BCUT2D eigenvalue weighted by molar-refractivity contribution is 5.93. The van der Waals surface area contributed by atoms with Crippen LogP contribution in [-0.2, 0) is 6.42 Å². The van der Waals surface area contributed by atoms with Crippen molar-refractivity contribution in [3.63, 3.8) is 0 Å². The minimum atomic E-state index is -0.185. The lowest BCUT2D eigenvalue weighted by Gasteiger charge is -2.31. The van der Waals surface area contributed by atoms with E-state index in [0.717, 1.165) is 30.4 Å². The summed E-state index contributed by atoms with van der Waals surface area (Å²) in [7, 11) is 0. The number of hydrogen-bond donors (Lipinski definition) is 0. The summed E-state index contributed by atoms with van der Waals surface area (Å²) in [6, 6.07) is 15.5. The number of nitrogens with zero attached hydrogens (tertiary/aromatic N) is 1. The summed E-state index contributed by atoms with van der Waals surface area (Å²) >= 11 is 0. The van der Waals surface area contributed by atoms with Gasteiger partial charge in [-0.05, 0) is 67.9 Å². The van der Waals surface area contributed by atoms with Crippen molar-refractivity contribution in [2.75, 3.05) is 13.1 Å². The highest BCUT2D eigenvalue weighted by Crippen LogP contribution is 2.24. The van der Waals surface area contributed by atoms with Crippen LogP contribution in [0, 0.1) is 19.8 Å². The molecule has 1 aliphatic heterocycles. The first kappa shape index (κ1) is 18.5. The first-order chi connectivity index (χ1) is 13.5. The van der Waals surface area contributed by atoms with Gasteiger partial charge in [-0.25, -0.2) is 0 Å². The fourth-order valence-electron chi connectivity index (χ4n) is 3.96. The molecule has 0 saturated carbocycles. The van der Waals surface area contributed by atoms with Gasteiger partial charge in [0.1, 0.15) is 5.58 Å². The molecule has 28 heavy (non-hydrogen) atoms. The third-order valence-corrected chi connectivity index (χ3v) is 5.82. The van der Waals surface area contributed by atoms with Gasteiger partial charge in [-0.15, -0.1) is 0 Å². The normalized spacial score (nSPS) is 15.1. The van der Waals surface area contributed by atoms with Crippen molar-refractivity contribution in [2.24, 2.45) is 5.92 Å². The Kier molecular flexibility index (Phi) is 5.03. The van der Waals surface area contributed by atoms with Crippen molar-refractivity contribution in [2.45, 2.75) is 33.1 Å². The van der Waals surface area contributed by atoms with Crippen LogP contribution in [0.5, 0.6) is 0 Å². The Bertz CT molecular complexity index is 1060. The number of hydrogen-bond acceptors (Lipinski definition) is 3. The van der Waals surface area contributed by atoms with Gasteiger partial charge >= 0.3 is 0 Å². The molecule has 144 valence electrons. The van der Waals surface area contributed by atoms with E-state index >= 15 is 0 Å². The molecule has 1 amide bonds. The van der Waals surface area contributed by atoms with E-state index in [1.807, 2.05) is 36.9 Å². The van der Waals surface area contributed by atoms with E-state index < -0.39 is 0 Å². The summed E-state index contributed by atoms with van der Waals surface area (Å²) in [5.74, 6) is 0.540. The lowest BCUT2D eigenvalue weighted by molar-refractivity contribution is 0.0659. The largest absolute Gasteiger partial charge is 0.451 e. The van der Waals surface area contributed by atoms with Crippen LogP contribution in [0.4, 0.5) is 0 Å². The summed E-state index contributed by atoms with van der Waals surface area (Å²) in [6.45, 7) is 5.34. The summed E-state index contributed by atoms with van der Waals surface area (Å²) in [4.78, 5) is 27.2. The fourth-order valence-corrected chi connectivity index (χ4v) is 3.96. The van der Waals surface area contributed by atoms with E-state index in [2.05, 4.69) is 24.3 Å². The molecule has 2 aromatic carbocycles. The molecular formula is C24H25NO3. The van der Waals surface area contributed by atoms with Crippen LogP contribution in [0.3, 0.4) is 0 Å². The van der Waals surface area contributed by atoms with E-state index in [1.165, 1.54) is 11.6 Å². The molecule has 1 saturated heterocycles. The lowest BCUT2D eigenvalue weighted by Crippen LogP contribution is -2.39. The number of benzene rings is 2. The molecule has 1 aromatic heterocycles. The molecule has 1 fully saturated rings. The van der Waals surface area contributed by atoms with Gasteiger partial charge in [-0.2, -0.15) is 0 Å². The van der Waals surface area contributed by atoms with Crippen LogP contribution in [0.25, 0.3) is 11.0 Å². The zero-order valence-electron chi connectivity index (χ0n) is 16.4. The second-order valence-electron chi connectivity index (χ2n) is 7.83. The molecule has 0 spiro atoms. The Labute approximate surface area is 164 Å². The fraction of sp³-hybridized carbons (Fsp3) is 0.333. The van der Waals surface area contributed by atoms with Crippen molar-refractivity contribution in [3.8, 4) is 0 Å². The van der Waals surface area contributed by atoms with E-state index in [-0.39, 0.29) is 17.1 Å². The quantitative estimate of drug-likeness (QED) is 0.677. The minimum absolute atomic E-state index is 0.141. The van der Waals surface area contributed by atoms with E-state index in [1.54, 1.807) is 0 Å². The molecule has 0 unspecified atom stereocenters. The Hall–Kier alpha value is -2.88. The van der Waals surface area contributed by atoms with Crippen molar-refractivity contribution in [1.29, 1.82) is 0 Å². The topological polar surface area (TPSA) is 50.5 Å². The summed E-state index contributed by atoms with van der Waals surface area (Å²) in [6.07, 6.45) is 2.99. The highest BCUT2D eigenvalue weighted by Gasteiger charge is 2.25. The van der Waals surface area contributed by atoms with Crippen LogP contribution in [0.2, 0.25) is 0 Å². The molecule has 0 atom stereocenters. The molecule has 2 heterocycles. The van der Waals surface area contributed by atoms with Crippen LogP contribution in [-0.4, -0.2) is 23.9 Å². The standard InChI is InChI=1S/C24H25NO3/c1-16-12-20-21(26)15-23(28-22(20)13-17(16)2)24(27)25-10-8-19(9-11-25)14-18-6-4-3-5-7-18/h3-7,12-13,15,19H,8-11,14H2,1-2H3. The molecule has 1 aliphatic rings. The molecule has 0 N–H and O–H groups in total. The monoisotopic (exact) mass is 375 g/mol. The molecule has 3 aromatic rings. The zero-order chi connectivity index (χ0) is 19.7. The molecule has 4 heteroatoms. The van der Waals surface area contributed by atoms with Crippen LogP contribution >= 0.6 is 0 Å². The molecule has 0 bridgehead atoms. The van der Waals surface area contributed by atoms with Gasteiger partial charge in [0.05, 0.1) is 5.39 Å². The number of likely N-dealkylation sites (tertiary alicyclic amines) is 1. The van der Waals surface area contributed by atoms with E-state index in [9.17, 15) is 9.59 Å². The maximum Gasteiger partial charge on any atom is 0.289 e. The van der Waals surface area contributed by atoms with Gasteiger partial charge in [0, 0.05) is 19.2 Å². The number of fused-ring (bicyclic) bond motifs is 1. The Balaban J connectivity index is 1.48. The van der Waals surface area contributed by atoms with Crippen LogP contribution < -0.4 is 5.43 Å². The van der Waals surface area contributed by atoms with Gasteiger partial charge in [0.2, 0.25) is 0 Å². The van der Waals surface area contributed by atoms with Crippen LogP contribution in [0.15, 0.2) is 57.7 Å². The number of carbonyl (C=O) groups is 1. The lowest BCUT2D eigenvalue weighted by atomic mass is 9.90. The number of carbonyl (C=O) groups excluding carboxylic acids is 1. The zero-order valence-corrected chi connectivity index (χ0v) is 16.4. The van der Waals surface area contributed by atoms with Gasteiger partial charge < -0.3 is 9.32 Å². The predicted octanol–water partition coefficient (Wildman–Crippen LogP) is 4.50. The smallest absolute Gasteiger partial charge is 0.289 e. The average Bonchev–Trinajstić information content (AvgIpc) is 2.70. The van der Waals surface area contributed by atoms with Crippen molar-refractivity contribution in [1.82, 2.24) is 4.90 Å². The van der Waals surface area contributed by atoms with Gasteiger partial charge in [0.25, 0.3) is 5.91 Å². The molecule has 0 aliphatic carbocycles. The Morgan fingerprint density at radius 3 is 2.43 bits per heavy atom. The highest BCUT2D eigenvalue weighted by atomic mass is 16.3. The maximum atomic E-state index is 12.9. The predicted molar refractivity (Wildman–Crippen MR) is 111 cm³/mol. The molecule has 4 nitrogen and oxygen atoms in total. The maximum absolute atomic E-state index is 12.9. The second-order valence-corrected chi connectivity index (χ2v) is 7.83. The Morgan fingerprint density at radius 2 is 1.71 bits per heavy atom. The second kappa shape index (κ2) is 7.63. The van der Waals surface area contributed by atoms with Gasteiger partial charge in [-0.3, -0.25) is 9.59 Å². The molecule has 0 radical (unpaired) electrons. The number of amides is 1. The van der Waals surface area contributed by atoms with E-state index in [4.69, 9.17) is 4.42 Å². The summed E-state index contributed by atoms with van der Waals surface area (Å²) < 4.78 is 5.82. The molecular weight excluding hydrogens is 350 g/mol. The first-order valence-electron chi connectivity index (χ1n) is 9.89. The third-order valence-electron chi connectivity index (χ3n) is 5.82. The average molecular weight is 375 g/mol. The SMILES string of the molecule is Cc1cc2oc(C(=O)N3CCC(Cc4ccccc4)CC3)cc(=O)c2cc1C. The first-order valence-corrected chi connectivity index (χ1v) is 9.89.